The summed E-state index contributed by atoms with van der Waals surface area (Å²) in [6.45, 7) is 4.77. The predicted octanol–water partition coefficient (Wildman–Crippen LogP) is 4.28. The van der Waals surface area contributed by atoms with Crippen LogP contribution in [0, 0.1) is 25.5 Å². The van der Waals surface area contributed by atoms with Gasteiger partial charge in [0.05, 0.1) is 29.3 Å². The molecule has 2 unspecified atom stereocenters. The molecule has 1 saturated heterocycles. The number of H-pyrrole nitrogens is 1. The third-order valence-corrected chi connectivity index (χ3v) is 6.45. The summed E-state index contributed by atoms with van der Waals surface area (Å²) in [4.78, 5) is 15.2. The molecule has 180 valence electrons. The molecule has 2 amide bonds. The predicted molar refractivity (Wildman–Crippen MR) is 129 cm³/mol. The van der Waals surface area contributed by atoms with Crippen molar-refractivity contribution in [2.24, 2.45) is 0 Å². The maximum atomic E-state index is 14.0. The number of aryl methyl sites for hydroxylation is 1. The number of nitrogens with one attached hydrogen (secondary N) is 3. The highest BCUT2D eigenvalue weighted by Crippen LogP contribution is 2.32. The number of carbonyl (C=O) groups excluding carboxylic acids is 1. The number of halogens is 2. The van der Waals surface area contributed by atoms with Crippen molar-refractivity contribution in [3.8, 4) is 5.69 Å². The summed E-state index contributed by atoms with van der Waals surface area (Å²) in [5.74, 6) is -1.50. The average molecular weight is 478 g/mol. The molecule has 35 heavy (non-hydrogen) atoms. The Morgan fingerprint density at radius 2 is 1.86 bits per heavy atom. The van der Waals surface area contributed by atoms with Crippen LogP contribution in [-0.4, -0.2) is 45.1 Å². The van der Waals surface area contributed by atoms with Crippen LogP contribution in [0.5, 0.6) is 0 Å². The molecule has 0 radical (unpaired) electrons. The smallest absolute Gasteiger partial charge is 0.320 e. The highest BCUT2D eigenvalue weighted by molar-refractivity contribution is 5.90. The molecule has 10 heteroatoms. The summed E-state index contributed by atoms with van der Waals surface area (Å²) in [6.07, 6.45) is 3.45. The second-order valence-corrected chi connectivity index (χ2v) is 8.65. The Morgan fingerprint density at radius 3 is 2.57 bits per heavy atom. The van der Waals surface area contributed by atoms with E-state index in [0.29, 0.717) is 24.5 Å². The molecule has 3 heterocycles. The van der Waals surface area contributed by atoms with Gasteiger partial charge >= 0.3 is 6.03 Å². The molecular formula is C25H25F2N7O. The lowest BCUT2D eigenvalue weighted by molar-refractivity contribution is 0.248. The fourth-order valence-corrected chi connectivity index (χ4v) is 4.48. The second kappa shape index (κ2) is 9.21. The first-order chi connectivity index (χ1) is 16.9. The summed E-state index contributed by atoms with van der Waals surface area (Å²) < 4.78 is 29.3. The zero-order valence-corrected chi connectivity index (χ0v) is 19.3. The summed E-state index contributed by atoms with van der Waals surface area (Å²) >= 11 is 0. The summed E-state index contributed by atoms with van der Waals surface area (Å²) in [7, 11) is 0. The lowest BCUT2D eigenvalue weighted by atomic mass is 9.94. The molecule has 1 fully saturated rings. The fourth-order valence-electron chi connectivity index (χ4n) is 4.48. The van der Waals surface area contributed by atoms with E-state index in [1.54, 1.807) is 23.1 Å². The minimum absolute atomic E-state index is 0.257. The molecule has 0 bridgehead atoms. The first-order valence-electron chi connectivity index (χ1n) is 11.3. The normalized spacial score (nSPS) is 17.5. The van der Waals surface area contributed by atoms with Gasteiger partial charge < -0.3 is 10.2 Å². The Bertz CT molecular complexity index is 1340. The van der Waals surface area contributed by atoms with E-state index in [4.69, 9.17) is 0 Å². The maximum absolute atomic E-state index is 14.0. The number of urea groups is 1. The highest BCUT2D eigenvalue weighted by Gasteiger charge is 2.36. The van der Waals surface area contributed by atoms with Crippen molar-refractivity contribution in [3.05, 3.63) is 89.4 Å². The molecule has 4 aromatic rings. The molecule has 3 N–H and O–H groups in total. The molecule has 2 aromatic heterocycles. The van der Waals surface area contributed by atoms with Gasteiger partial charge in [-0.25, -0.2) is 18.3 Å². The van der Waals surface area contributed by atoms with Gasteiger partial charge in [0.25, 0.3) is 0 Å². The van der Waals surface area contributed by atoms with Crippen LogP contribution in [0.4, 0.5) is 25.1 Å². The van der Waals surface area contributed by atoms with Crippen molar-refractivity contribution >= 4 is 17.5 Å². The lowest BCUT2D eigenvalue weighted by Gasteiger charge is -2.21. The van der Waals surface area contributed by atoms with E-state index >= 15 is 0 Å². The Hall–Kier alpha value is -4.21. The molecule has 5 rings (SSSR count). The van der Waals surface area contributed by atoms with Crippen LogP contribution in [0.1, 0.15) is 22.7 Å². The summed E-state index contributed by atoms with van der Waals surface area (Å²) in [5.41, 5.74) is 3.95. The minimum Gasteiger partial charge on any atom is -0.366 e. The number of aromatic nitrogens is 4. The first-order valence-corrected chi connectivity index (χ1v) is 11.3. The van der Waals surface area contributed by atoms with E-state index in [1.165, 1.54) is 6.07 Å². The SMILES string of the molecule is Cc1nn(-c2ccccc2)c(NC(=O)NC2CN(c3cn[nH]c3)CC2c2ccc(F)c(F)c2)c1C. The monoisotopic (exact) mass is 477 g/mol. The number of carbonyl (C=O) groups is 1. The minimum atomic E-state index is -0.912. The molecular weight excluding hydrogens is 452 g/mol. The second-order valence-electron chi connectivity index (χ2n) is 8.65. The van der Waals surface area contributed by atoms with E-state index in [9.17, 15) is 13.6 Å². The van der Waals surface area contributed by atoms with Crippen LogP contribution < -0.4 is 15.5 Å². The van der Waals surface area contributed by atoms with Crippen molar-refractivity contribution in [2.45, 2.75) is 25.8 Å². The molecule has 2 aromatic carbocycles. The van der Waals surface area contributed by atoms with Crippen molar-refractivity contribution in [1.29, 1.82) is 0 Å². The number of aromatic amines is 1. The number of hydrogen-bond acceptors (Lipinski definition) is 4. The van der Waals surface area contributed by atoms with Gasteiger partial charge in [-0.05, 0) is 43.7 Å². The number of nitrogens with zero attached hydrogens (tertiary/aromatic N) is 4. The number of rotatable bonds is 5. The Labute approximate surface area is 201 Å². The largest absolute Gasteiger partial charge is 0.366 e. The van der Waals surface area contributed by atoms with Crippen LogP contribution in [-0.2, 0) is 0 Å². The van der Waals surface area contributed by atoms with E-state index in [2.05, 4.69) is 25.9 Å². The van der Waals surface area contributed by atoms with Crippen LogP contribution in [0.25, 0.3) is 5.69 Å². The molecule has 8 nitrogen and oxygen atoms in total. The van der Waals surface area contributed by atoms with E-state index in [1.807, 2.05) is 49.1 Å². The van der Waals surface area contributed by atoms with Gasteiger partial charge in [0.15, 0.2) is 11.6 Å². The number of amides is 2. The van der Waals surface area contributed by atoms with Crippen molar-refractivity contribution < 1.29 is 13.6 Å². The average Bonchev–Trinajstić information content (AvgIpc) is 3.58. The Balaban J connectivity index is 1.40. The Kier molecular flexibility index (Phi) is 5.94. The lowest BCUT2D eigenvalue weighted by Crippen LogP contribution is -2.42. The van der Waals surface area contributed by atoms with Crippen LogP contribution in [0.2, 0.25) is 0 Å². The van der Waals surface area contributed by atoms with E-state index in [-0.39, 0.29) is 12.0 Å². The van der Waals surface area contributed by atoms with Crippen LogP contribution in [0.3, 0.4) is 0 Å². The van der Waals surface area contributed by atoms with Gasteiger partial charge in [0.2, 0.25) is 0 Å². The van der Waals surface area contributed by atoms with Gasteiger partial charge in [-0.3, -0.25) is 10.4 Å². The van der Waals surface area contributed by atoms with Crippen LogP contribution in [0.15, 0.2) is 60.9 Å². The van der Waals surface area contributed by atoms with Crippen molar-refractivity contribution in [1.82, 2.24) is 25.3 Å². The van der Waals surface area contributed by atoms with Gasteiger partial charge in [-0.2, -0.15) is 10.2 Å². The number of hydrogen-bond donors (Lipinski definition) is 3. The first kappa shape index (κ1) is 22.6. The molecule has 0 saturated carbocycles. The molecule has 1 aliphatic rings. The van der Waals surface area contributed by atoms with Gasteiger partial charge in [0.1, 0.15) is 5.82 Å². The third kappa shape index (κ3) is 4.46. The highest BCUT2D eigenvalue weighted by atomic mass is 19.2. The van der Waals surface area contributed by atoms with Gasteiger partial charge in [-0.1, -0.05) is 24.3 Å². The number of anilines is 2. The Morgan fingerprint density at radius 1 is 1.06 bits per heavy atom. The standard InChI is InChI=1S/C25H25F2N7O/c1-15-16(2)32-34(18-6-4-3-5-7-18)24(15)31-25(35)30-23-14-33(19-11-28-29-12-19)13-20(23)17-8-9-21(26)22(27)10-17/h3-12,20,23H,13-14H2,1-2H3,(H,28,29)(H2,30,31,35). The summed E-state index contributed by atoms with van der Waals surface area (Å²) in [6, 6.07) is 12.7. The topological polar surface area (TPSA) is 90.9 Å². The van der Waals surface area contributed by atoms with E-state index < -0.39 is 17.7 Å². The zero-order chi connectivity index (χ0) is 24.5. The molecule has 0 aliphatic carbocycles. The fraction of sp³-hybridized carbons (Fsp3) is 0.240. The van der Waals surface area contributed by atoms with Gasteiger partial charge in [0, 0.05) is 30.8 Å². The molecule has 2 atom stereocenters. The molecule has 0 spiro atoms. The van der Waals surface area contributed by atoms with Crippen molar-refractivity contribution in [3.63, 3.8) is 0 Å². The maximum Gasteiger partial charge on any atom is 0.320 e. The van der Waals surface area contributed by atoms with Crippen LogP contribution >= 0.6 is 0 Å². The molecule has 1 aliphatic heterocycles. The zero-order valence-electron chi connectivity index (χ0n) is 19.3. The quantitative estimate of drug-likeness (QED) is 0.400. The van der Waals surface area contributed by atoms with E-state index in [0.717, 1.165) is 28.7 Å². The third-order valence-electron chi connectivity index (χ3n) is 6.45. The summed E-state index contributed by atoms with van der Waals surface area (Å²) in [5, 5.41) is 17.3. The van der Waals surface area contributed by atoms with Crippen molar-refractivity contribution in [2.75, 3.05) is 23.3 Å². The number of benzene rings is 2. The number of para-hydroxylation sites is 1. The van der Waals surface area contributed by atoms with Gasteiger partial charge in [-0.15, -0.1) is 0 Å².